The highest BCUT2D eigenvalue weighted by molar-refractivity contribution is 7.10. The van der Waals surface area contributed by atoms with Gasteiger partial charge in [-0.15, -0.1) is 11.3 Å². The van der Waals surface area contributed by atoms with E-state index in [-0.39, 0.29) is 6.10 Å². The largest absolute Gasteiger partial charge is 0.485 e. The van der Waals surface area contributed by atoms with Crippen LogP contribution >= 0.6 is 11.3 Å². The standard InChI is InChI=1S/C19H20N2OS/c1-20-10-9-18(19-6-3-13-23-19)22-17-5-2-4-16(14-17)15-7-11-21-12-8-15/h2-8,11-14,18,20H,9-10H2,1H3/t18-/m0/s1. The van der Waals surface area contributed by atoms with Gasteiger partial charge in [0.2, 0.25) is 0 Å². The summed E-state index contributed by atoms with van der Waals surface area (Å²) in [5.74, 6) is 0.897. The maximum absolute atomic E-state index is 6.28. The van der Waals surface area contributed by atoms with E-state index in [4.69, 9.17) is 4.74 Å². The molecule has 0 radical (unpaired) electrons. The molecule has 4 heteroatoms. The number of pyridine rings is 1. The van der Waals surface area contributed by atoms with Crippen LogP contribution in [0, 0.1) is 0 Å². The van der Waals surface area contributed by atoms with E-state index in [1.165, 1.54) is 4.88 Å². The Bertz CT molecular complexity index is 713. The summed E-state index contributed by atoms with van der Waals surface area (Å²) < 4.78 is 6.28. The summed E-state index contributed by atoms with van der Waals surface area (Å²) in [6.45, 7) is 0.923. The van der Waals surface area contributed by atoms with Crippen LogP contribution in [0.15, 0.2) is 66.3 Å². The third-order valence-corrected chi connectivity index (χ3v) is 4.61. The zero-order chi connectivity index (χ0) is 15.9. The molecule has 0 aliphatic rings. The Kier molecular flexibility index (Phi) is 5.40. The van der Waals surface area contributed by atoms with Crippen molar-refractivity contribution in [3.63, 3.8) is 0 Å². The SMILES string of the molecule is CNCC[C@H](Oc1cccc(-c2ccncc2)c1)c1cccs1. The van der Waals surface area contributed by atoms with E-state index in [2.05, 4.69) is 39.9 Å². The third-order valence-electron chi connectivity index (χ3n) is 3.64. The van der Waals surface area contributed by atoms with E-state index in [1.54, 1.807) is 11.3 Å². The molecule has 118 valence electrons. The number of hydrogen-bond acceptors (Lipinski definition) is 4. The Morgan fingerprint density at radius 1 is 1.09 bits per heavy atom. The molecule has 3 aromatic rings. The highest BCUT2D eigenvalue weighted by atomic mass is 32.1. The van der Waals surface area contributed by atoms with E-state index in [1.807, 2.05) is 43.7 Å². The maximum Gasteiger partial charge on any atom is 0.134 e. The lowest BCUT2D eigenvalue weighted by molar-refractivity contribution is 0.199. The van der Waals surface area contributed by atoms with Gasteiger partial charge in [-0.3, -0.25) is 4.98 Å². The summed E-state index contributed by atoms with van der Waals surface area (Å²) >= 11 is 1.74. The van der Waals surface area contributed by atoms with Crippen molar-refractivity contribution in [2.45, 2.75) is 12.5 Å². The number of nitrogens with zero attached hydrogens (tertiary/aromatic N) is 1. The first-order chi connectivity index (χ1) is 11.4. The third kappa shape index (κ3) is 4.18. The van der Waals surface area contributed by atoms with Crippen molar-refractivity contribution < 1.29 is 4.74 Å². The second-order valence-corrected chi connectivity index (χ2v) is 6.26. The van der Waals surface area contributed by atoms with Crippen LogP contribution < -0.4 is 10.1 Å². The van der Waals surface area contributed by atoms with Crippen molar-refractivity contribution in [3.05, 3.63) is 71.2 Å². The average molecular weight is 324 g/mol. The van der Waals surface area contributed by atoms with Crippen molar-refractivity contribution in [2.75, 3.05) is 13.6 Å². The second kappa shape index (κ2) is 7.90. The normalized spacial score (nSPS) is 12.0. The molecule has 0 bridgehead atoms. The lowest BCUT2D eigenvalue weighted by Gasteiger charge is -2.18. The molecule has 3 nitrogen and oxygen atoms in total. The Labute approximate surface area is 141 Å². The van der Waals surface area contributed by atoms with E-state index in [0.29, 0.717) is 0 Å². The number of hydrogen-bond donors (Lipinski definition) is 1. The summed E-state index contributed by atoms with van der Waals surface area (Å²) in [6.07, 6.45) is 4.64. The highest BCUT2D eigenvalue weighted by Gasteiger charge is 2.14. The van der Waals surface area contributed by atoms with Crippen LogP contribution in [0.3, 0.4) is 0 Å². The minimum Gasteiger partial charge on any atom is -0.485 e. The fourth-order valence-electron chi connectivity index (χ4n) is 2.47. The molecule has 0 saturated carbocycles. The molecule has 0 aliphatic carbocycles. The van der Waals surface area contributed by atoms with Crippen molar-refractivity contribution in [3.8, 4) is 16.9 Å². The molecule has 0 saturated heterocycles. The molecular weight excluding hydrogens is 304 g/mol. The minimum atomic E-state index is 0.0788. The average Bonchev–Trinajstić information content (AvgIpc) is 3.14. The maximum atomic E-state index is 6.28. The van der Waals surface area contributed by atoms with Gasteiger partial charge in [-0.05, 0) is 60.4 Å². The summed E-state index contributed by atoms with van der Waals surface area (Å²) in [6, 6.07) is 16.5. The van der Waals surface area contributed by atoms with Crippen LogP contribution in [0.1, 0.15) is 17.4 Å². The van der Waals surface area contributed by atoms with Crippen LogP contribution in [-0.4, -0.2) is 18.6 Å². The number of benzene rings is 1. The minimum absolute atomic E-state index is 0.0788. The molecule has 0 spiro atoms. The topological polar surface area (TPSA) is 34.1 Å². The first-order valence-electron chi connectivity index (χ1n) is 7.72. The van der Waals surface area contributed by atoms with E-state index in [0.717, 1.165) is 29.8 Å². The molecular formula is C19H20N2OS. The second-order valence-electron chi connectivity index (χ2n) is 5.28. The predicted octanol–water partition coefficient (Wildman–Crippen LogP) is 4.54. The zero-order valence-corrected chi connectivity index (χ0v) is 13.9. The van der Waals surface area contributed by atoms with Gasteiger partial charge in [0.05, 0.1) is 0 Å². The van der Waals surface area contributed by atoms with Gasteiger partial charge in [0.15, 0.2) is 0 Å². The number of ether oxygens (including phenoxy) is 1. The molecule has 2 aromatic heterocycles. The van der Waals surface area contributed by atoms with Gasteiger partial charge >= 0.3 is 0 Å². The molecule has 3 rings (SSSR count). The Morgan fingerprint density at radius 3 is 2.70 bits per heavy atom. The zero-order valence-electron chi connectivity index (χ0n) is 13.1. The van der Waals surface area contributed by atoms with Crippen molar-refractivity contribution in [1.82, 2.24) is 10.3 Å². The first kappa shape index (κ1) is 15.7. The lowest BCUT2D eigenvalue weighted by Crippen LogP contribution is -2.15. The molecule has 23 heavy (non-hydrogen) atoms. The molecule has 0 amide bonds. The Hall–Kier alpha value is -2.17. The number of thiophene rings is 1. The molecule has 1 N–H and O–H groups in total. The number of aromatic nitrogens is 1. The highest BCUT2D eigenvalue weighted by Crippen LogP contribution is 2.30. The van der Waals surface area contributed by atoms with Gasteiger partial charge in [-0.1, -0.05) is 18.2 Å². The fourth-order valence-corrected chi connectivity index (χ4v) is 3.26. The summed E-state index contributed by atoms with van der Waals surface area (Å²) in [4.78, 5) is 5.33. The first-order valence-corrected chi connectivity index (χ1v) is 8.60. The predicted molar refractivity (Wildman–Crippen MR) is 95.9 cm³/mol. The van der Waals surface area contributed by atoms with Gasteiger partial charge in [0.25, 0.3) is 0 Å². The van der Waals surface area contributed by atoms with Gasteiger partial charge in [-0.25, -0.2) is 0 Å². The lowest BCUT2D eigenvalue weighted by atomic mass is 10.1. The van der Waals surface area contributed by atoms with Crippen LogP contribution in [0.4, 0.5) is 0 Å². The van der Waals surface area contributed by atoms with Crippen LogP contribution in [-0.2, 0) is 0 Å². The number of nitrogens with one attached hydrogen (secondary N) is 1. The van der Waals surface area contributed by atoms with Gasteiger partial charge in [0.1, 0.15) is 11.9 Å². The molecule has 1 atom stereocenters. The van der Waals surface area contributed by atoms with Gasteiger partial charge in [-0.2, -0.15) is 0 Å². The smallest absolute Gasteiger partial charge is 0.134 e. The monoisotopic (exact) mass is 324 g/mol. The van der Waals surface area contributed by atoms with E-state index < -0.39 is 0 Å². The van der Waals surface area contributed by atoms with Gasteiger partial charge < -0.3 is 10.1 Å². The fraction of sp³-hybridized carbons (Fsp3) is 0.211. The summed E-state index contributed by atoms with van der Waals surface area (Å²) in [5.41, 5.74) is 2.29. The summed E-state index contributed by atoms with van der Waals surface area (Å²) in [5, 5.41) is 5.30. The molecule has 0 unspecified atom stereocenters. The molecule has 0 aliphatic heterocycles. The van der Waals surface area contributed by atoms with Crippen LogP contribution in [0.5, 0.6) is 5.75 Å². The van der Waals surface area contributed by atoms with Crippen LogP contribution in [0.25, 0.3) is 11.1 Å². The van der Waals surface area contributed by atoms with E-state index in [9.17, 15) is 0 Å². The van der Waals surface area contributed by atoms with Crippen molar-refractivity contribution in [1.29, 1.82) is 0 Å². The molecule has 1 aromatic carbocycles. The van der Waals surface area contributed by atoms with Crippen LogP contribution in [0.2, 0.25) is 0 Å². The molecule has 0 fully saturated rings. The summed E-state index contributed by atoms with van der Waals surface area (Å²) in [7, 11) is 1.97. The van der Waals surface area contributed by atoms with Crippen molar-refractivity contribution >= 4 is 11.3 Å². The Morgan fingerprint density at radius 2 is 1.96 bits per heavy atom. The van der Waals surface area contributed by atoms with E-state index >= 15 is 0 Å². The molecule has 2 heterocycles. The number of rotatable bonds is 7. The quantitative estimate of drug-likeness (QED) is 0.693. The Balaban J connectivity index is 1.80. The van der Waals surface area contributed by atoms with Gasteiger partial charge in [0, 0.05) is 23.7 Å². The van der Waals surface area contributed by atoms with Crippen molar-refractivity contribution in [2.24, 2.45) is 0 Å².